The molecule has 98 valence electrons. The first-order chi connectivity index (χ1) is 8.21. The van der Waals surface area contributed by atoms with Crippen LogP contribution in [-0.4, -0.2) is 11.1 Å². The Balaban J connectivity index is 2.36. The van der Waals surface area contributed by atoms with Gasteiger partial charge in [-0.3, -0.25) is 4.79 Å². The first kappa shape index (κ1) is 13.0. The molecule has 1 N–H and O–H groups in total. The van der Waals surface area contributed by atoms with Crippen LogP contribution in [0.15, 0.2) is 12.1 Å². The topological polar surface area (TPSA) is 37.3 Å². The van der Waals surface area contributed by atoms with Gasteiger partial charge in [0.15, 0.2) is 0 Å². The van der Waals surface area contributed by atoms with Crippen molar-refractivity contribution < 1.29 is 18.7 Å². The number of rotatable bonds is 2. The SMILES string of the molecule is CC(C)(C)c1c(F)cc(C2CC2C(=O)O)cc1F. The fourth-order valence-electron chi connectivity index (χ4n) is 2.36. The predicted molar refractivity (Wildman–Crippen MR) is 63.5 cm³/mol. The summed E-state index contributed by atoms with van der Waals surface area (Å²) in [6.07, 6.45) is 0.461. The lowest BCUT2D eigenvalue weighted by molar-refractivity contribution is -0.138. The summed E-state index contributed by atoms with van der Waals surface area (Å²) in [5, 5.41) is 8.82. The predicted octanol–water partition coefficient (Wildman–Crippen LogP) is 3.45. The normalized spacial score (nSPS) is 22.9. The number of carboxylic acids is 1. The minimum atomic E-state index is -0.902. The first-order valence-electron chi connectivity index (χ1n) is 5.94. The molecule has 1 saturated carbocycles. The van der Waals surface area contributed by atoms with Gasteiger partial charge >= 0.3 is 5.97 Å². The molecular formula is C14H16F2O2. The number of benzene rings is 1. The number of hydrogen-bond acceptors (Lipinski definition) is 1. The zero-order chi connectivity index (χ0) is 13.7. The Morgan fingerprint density at radius 2 is 1.78 bits per heavy atom. The Morgan fingerprint density at radius 1 is 1.28 bits per heavy atom. The lowest BCUT2D eigenvalue weighted by Crippen LogP contribution is -2.16. The molecule has 1 aromatic rings. The highest BCUT2D eigenvalue weighted by Crippen LogP contribution is 2.48. The molecule has 2 unspecified atom stereocenters. The maximum absolute atomic E-state index is 13.9. The first-order valence-corrected chi connectivity index (χ1v) is 5.94. The largest absolute Gasteiger partial charge is 0.481 e. The Hall–Kier alpha value is -1.45. The maximum Gasteiger partial charge on any atom is 0.307 e. The van der Waals surface area contributed by atoms with Crippen LogP contribution >= 0.6 is 0 Å². The smallest absolute Gasteiger partial charge is 0.307 e. The molecule has 2 nitrogen and oxygen atoms in total. The van der Waals surface area contributed by atoms with Crippen molar-refractivity contribution in [2.24, 2.45) is 5.92 Å². The zero-order valence-corrected chi connectivity index (χ0v) is 10.6. The summed E-state index contributed by atoms with van der Waals surface area (Å²) in [6, 6.07) is 2.55. The molecule has 2 rings (SSSR count). The summed E-state index contributed by atoms with van der Waals surface area (Å²) < 4.78 is 27.9. The Bertz CT molecular complexity index is 480. The van der Waals surface area contributed by atoms with Crippen LogP contribution in [0, 0.1) is 17.6 Å². The van der Waals surface area contributed by atoms with Crippen LogP contribution < -0.4 is 0 Å². The number of hydrogen-bond donors (Lipinski definition) is 1. The molecule has 0 heterocycles. The number of aliphatic carboxylic acids is 1. The van der Waals surface area contributed by atoms with Gasteiger partial charge in [0.1, 0.15) is 11.6 Å². The molecule has 0 spiro atoms. The fourth-order valence-corrected chi connectivity index (χ4v) is 2.36. The second kappa shape index (κ2) is 4.04. The van der Waals surface area contributed by atoms with Crippen LogP contribution in [-0.2, 0) is 10.2 Å². The molecule has 18 heavy (non-hydrogen) atoms. The van der Waals surface area contributed by atoms with E-state index in [1.165, 1.54) is 12.1 Å². The molecule has 1 fully saturated rings. The summed E-state index contributed by atoms with van der Waals surface area (Å²) in [6.45, 7) is 5.22. The average Bonchev–Trinajstić information content (AvgIpc) is 2.92. The van der Waals surface area contributed by atoms with Gasteiger partial charge < -0.3 is 5.11 Å². The summed E-state index contributed by atoms with van der Waals surface area (Å²) in [4.78, 5) is 10.8. The van der Waals surface area contributed by atoms with E-state index in [0.29, 0.717) is 12.0 Å². The van der Waals surface area contributed by atoms with Gasteiger partial charge in [0.2, 0.25) is 0 Å². The van der Waals surface area contributed by atoms with Gasteiger partial charge in [0, 0.05) is 5.56 Å². The average molecular weight is 254 g/mol. The maximum atomic E-state index is 13.9. The van der Waals surface area contributed by atoms with E-state index in [4.69, 9.17) is 5.11 Å². The molecule has 0 bridgehead atoms. The van der Waals surface area contributed by atoms with Crippen molar-refractivity contribution in [3.05, 3.63) is 34.9 Å². The van der Waals surface area contributed by atoms with Gasteiger partial charge in [-0.25, -0.2) is 8.78 Å². The highest BCUT2D eigenvalue weighted by molar-refractivity contribution is 5.75. The van der Waals surface area contributed by atoms with Crippen molar-refractivity contribution in [1.29, 1.82) is 0 Å². The molecular weight excluding hydrogens is 238 g/mol. The van der Waals surface area contributed by atoms with E-state index in [1.807, 2.05) is 0 Å². The third-order valence-electron chi connectivity index (χ3n) is 3.35. The van der Waals surface area contributed by atoms with Crippen LogP contribution in [0.3, 0.4) is 0 Å². The minimum Gasteiger partial charge on any atom is -0.481 e. The highest BCUT2D eigenvalue weighted by atomic mass is 19.1. The van der Waals surface area contributed by atoms with Gasteiger partial charge in [0.05, 0.1) is 5.92 Å². The summed E-state index contributed by atoms with van der Waals surface area (Å²) in [5.74, 6) is -2.83. The second-order valence-corrected chi connectivity index (χ2v) is 5.90. The molecule has 0 amide bonds. The summed E-state index contributed by atoms with van der Waals surface area (Å²) in [5.41, 5.74) is -0.105. The molecule has 1 aliphatic rings. The van der Waals surface area contributed by atoms with Crippen LogP contribution in [0.1, 0.15) is 44.2 Å². The van der Waals surface area contributed by atoms with E-state index in [1.54, 1.807) is 20.8 Å². The van der Waals surface area contributed by atoms with Gasteiger partial charge in [-0.05, 0) is 35.4 Å². The van der Waals surface area contributed by atoms with Crippen molar-refractivity contribution in [3.8, 4) is 0 Å². The third kappa shape index (κ3) is 2.24. The Kier molecular flexibility index (Phi) is 2.92. The molecule has 1 aliphatic carbocycles. The van der Waals surface area contributed by atoms with Crippen molar-refractivity contribution in [1.82, 2.24) is 0 Å². The molecule has 4 heteroatoms. The van der Waals surface area contributed by atoms with Gasteiger partial charge in [-0.2, -0.15) is 0 Å². The van der Waals surface area contributed by atoms with Crippen molar-refractivity contribution >= 4 is 5.97 Å². The molecule has 0 radical (unpaired) electrons. The zero-order valence-electron chi connectivity index (χ0n) is 10.6. The number of carbonyl (C=O) groups is 1. The Labute approximate surface area is 105 Å². The number of carboxylic acid groups (broad SMARTS) is 1. The second-order valence-electron chi connectivity index (χ2n) is 5.90. The van der Waals surface area contributed by atoms with Gasteiger partial charge in [0.25, 0.3) is 0 Å². The lowest BCUT2D eigenvalue weighted by atomic mass is 9.85. The van der Waals surface area contributed by atoms with Gasteiger partial charge in [-0.1, -0.05) is 20.8 Å². The van der Waals surface area contributed by atoms with Crippen LogP contribution in [0.5, 0.6) is 0 Å². The molecule has 0 saturated heterocycles. The third-order valence-corrected chi connectivity index (χ3v) is 3.35. The van der Waals surface area contributed by atoms with Crippen molar-refractivity contribution in [2.45, 2.75) is 38.5 Å². The standard InChI is InChI=1S/C14H16F2O2/c1-14(2,3)12-10(15)4-7(5-11(12)16)8-6-9(8)13(17)18/h4-5,8-9H,6H2,1-3H3,(H,17,18). The minimum absolute atomic E-state index is 0.0544. The van der Waals surface area contributed by atoms with Crippen molar-refractivity contribution in [2.75, 3.05) is 0 Å². The lowest BCUT2D eigenvalue weighted by Gasteiger charge is -2.21. The van der Waals surface area contributed by atoms with Crippen LogP contribution in [0.4, 0.5) is 8.78 Å². The van der Waals surface area contributed by atoms with Crippen molar-refractivity contribution in [3.63, 3.8) is 0 Å². The highest BCUT2D eigenvalue weighted by Gasteiger charge is 2.44. The molecule has 1 aromatic carbocycles. The fraction of sp³-hybridized carbons (Fsp3) is 0.500. The van der Waals surface area contributed by atoms with Gasteiger partial charge in [-0.15, -0.1) is 0 Å². The molecule has 2 atom stereocenters. The molecule has 0 aliphatic heterocycles. The number of halogens is 2. The summed E-state index contributed by atoms with van der Waals surface area (Å²) >= 11 is 0. The van der Waals surface area contributed by atoms with Crippen LogP contribution in [0.25, 0.3) is 0 Å². The quantitative estimate of drug-likeness (QED) is 0.877. The van der Waals surface area contributed by atoms with E-state index >= 15 is 0 Å². The van der Waals surface area contributed by atoms with E-state index in [-0.39, 0.29) is 11.5 Å². The van der Waals surface area contributed by atoms with E-state index in [9.17, 15) is 13.6 Å². The van der Waals surface area contributed by atoms with Crippen LogP contribution in [0.2, 0.25) is 0 Å². The Morgan fingerprint density at radius 3 is 2.11 bits per heavy atom. The monoisotopic (exact) mass is 254 g/mol. The van der Waals surface area contributed by atoms with E-state index in [0.717, 1.165) is 0 Å². The summed E-state index contributed by atoms with van der Waals surface area (Å²) in [7, 11) is 0. The van der Waals surface area contributed by atoms with E-state index < -0.39 is 28.9 Å². The van der Waals surface area contributed by atoms with E-state index in [2.05, 4.69) is 0 Å². The molecule has 0 aromatic heterocycles.